The maximum atomic E-state index is 13.6. The van der Waals surface area contributed by atoms with Gasteiger partial charge in [-0.25, -0.2) is 0 Å². The molecule has 0 aromatic heterocycles. The zero-order chi connectivity index (χ0) is 25.7. The van der Waals surface area contributed by atoms with E-state index in [1.807, 2.05) is 30.3 Å². The average molecular weight is 487 g/mol. The fraction of sp³-hybridized carbons (Fsp3) is 0.185. The Bertz CT molecular complexity index is 1280. The largest absolute Gasteiger partial charge is 0.481 e. The van der Waals surface area contributed by atoms with Crippen molar-refractivity contribution in [2.75, 3.05) is 17.6 Å². The Balaban J connectivity index is 1.64. The Morgan fingerprint density at radius 2 is 1.67 bits per heavy atom. The molecule has 1 aliphatic heterocycles. The van der Waals surface area contributed by atoms with Crippen molar-refractivity contribution in [2.24, 2.45) is 0 Å². The molecule has 3 aromatic carbocycles. The van der Waals surface area contributed by atoms with Crippen molar-refractivity contribution < 1.29 is 24.3 Å². The van der Waals surface area contributed by atoms with Crippen molar-refractivity contribution in [3.05, 3.63) is 95.6 Å². The molecule has 1 aliphatic rings. The number of carbonyl (C=O) groups is 4. The number of nitrogen functional groups attached to an aromatic ring is 1. The minimum absolute atomic E-state index is 0.178. The second-order valence-electron chi connectivity index (χ2n) is 8.56. The van der Waals surface area contributed by atoms with E-state index >= 15 is 0 Å². The Hall–Kier alpha value is -4.66. The van der Waals surface area contributed by atoms with Crippen LogP contribution in [0, 0.1) is 0 Å². The highest BCUT2D eigenvalue weighted by Gasteiger charge is 2.37. The van der Waals surface area contributed by atoms with Gasteiger partial charge in [-0.15, -0.1) is 0 Å². The molecule has 2 atom stereocenters. The van der Waals surface area contributed by atoms with E-state index < -0.39 is 42.3 Å². The molecule has 1 heterocycles. The number of anilines is 2. The van der Waals surface area contributed by atoms with Gasteiger partial charge in [-0.3, -0.25) is 19.2 Å². The Labute approximate surface area is 207 Å². The number of benzene rings is 3. The topological polar surface area (TPSA) is 142 Å². The van der Waals surface area contributed by atoms with Crippen LogP contribution < -0.4 is 16.4 Å². The fourth-order valence-electron chi connectivity index (χ4n) is 4.23. The van der Waals surface area contributed by atoms with Gasteiger partial charge < -0.3 is 26.4 Å². The standard InChI is InChI=1S/C27H26N4O5/c28-19-11-12-21-20(14-19)27(36)31(23(26(35)30-21)13-17-7-3-1-4-8-17)16-24(32)29-22(15-25(33)34)18-9-5-2-6-10-18/h1-12,14,22-23H,13,15-16,28H2,(H,29,32)(H,30,35)(H,33,34)/t22-,23-/m0/s1. The van der Waals surface area contributed by atoms with Gasteiger partial charge in [0.1, 0.15) is 12.6 Å². The second-order valence-corrected chi connectivity index (χ2v) is 8.56. The summed E-state index contributed by atoms with van der Waals surface area (Å²) in [6.07, 6.45) is -0.149. The summed E-state index contributed by atoms with van der Waals surface area (Å²) in [5.74, 6) is -2.63. The third-order valence-corrected chi connectivity index (χ3v) is 5.97. The van der Waals surface area contributed by atoms with Gasteiger partial charge in [0.15, 0.2) is 0 Å². The molecule has 0 fully saturated rings. The molecule has 0 radical (unpaired) electrons. The highest BCUT2D eigenvalue weighted by Crippen LogP contribution is 2.27. The molecule has 0 aliphatic carbocycles. The molecular weight excluding hydrogens is 460 g/mol. The lowest BCUT2D eigenvalue weighted by Gasteiger charge is -2.29. The first kappa shape index (κ1) is 24.5. The van der Waals surface area contributed by atoms with E-state index in [-0.39, 0.29) is 18.4 Å². The number of amides is 3. The van der Waals surface area contributed by atoms with Crippen LogP contribution in [0.15, 0.2) is 78.9 Å². The molecule has 3 amide bonds. The lowest BCUT2D eigenvalue weighted by molar-refractivity contribution is -0.137. The van der Waals surface area contributed by atoms with E-state index in [0.29, 0.717) is 16.9 Å². The van der Waals surface area contributed by atoms with Gasteiger partial charge in [-0.2, -0.15) is 0 Å². The molecule has 0 unspecified atom stereocenters. The summed E-state index contributed by atoms with van der Waals surface area (Å²) in [6, 6.07) is 20.7. The zero-order valence-corrected chi connectivity index (χ0v) is 19.4. The zero-order valence-electron chi connectivity index (χ0n) is 19.4. The van der Waals surface area contributed by atoms with Crippen LogP contribution in [0.1, 0.15) is 33.9 Å². The maximum absolute atomic E-state index is 13.6. The number of aliphatic carboxylic acids is 1. The van der Waals surface area contributed by atoms with Crippen LogP contribution >= 0.6 is 0 Å². The SMILES string of the molecule is Nc1ccc2c(c1)C(=O)N(CC(=O)N[C@@H](CC(=O)O)c1ccccc1)[C@@H](Cc1ccccc1)C(=O)N2. The third kappa shape index (κ3) is 5.69. The van der Waals surface area contributed by atoms with Crippen LogP contribution in [-0.2, 0) is 20.8 Å². The predicted molar refractivity (Wildman–Crippen MR) is 134 cm³/mol. The lowest BCUT2D eigenvalue weighted by atomic mass is 10.0. The Kier molecular flexibility index (Phi) is 7.29. The minimum Gasteiger partial charge on any atom is -0.481 e. The number of carbonyl (C=O) groups excluding carboxylic acids is 3. The van der Waals surface area contributed by atoms with Gasteiger partial charge in [0.05, 0.1) is 23.7 Å². The van der Waals surface area contributed by atoms with E-state index in [1.165, 1.54) is 11.0 Å². The van der Waals surface area contributed by atoms with Crippen LogP contribution in [-0.4, -0.2) is 46.3 Å². The molecule has 36 heavy (non-hydrogen) atoms. The van der Waals surface area contributed by atoms with Crippen molar-refractivity contribution in [3.8, 4) is 0 Å². The number of hydrogen-bond acceptors (Lipinski definition) is 5. The highest BCUT2D eigenvalue weighted by molar-refractivity contribution is 6.11. The molecule has 9 nitrogen and oxygen atoms in total. The van der Waals surface area contributed by atoms with Crippen LogP contribution in [0.5, 0.6) is 0 Å². The number of hydrogen-bond donors (Lipinski definition) is 4. The molecule has 4 rings (SSSR count). The fourth-order valence-corrected chi connectivity index (χ4v) is 4.23. The smallest absolute Gasteiger partial charge is 0.305 e. The van der Waals surface area contributed by atoms with Crippen molar-refractivity contribution in [1.82, 2.24) is 10.2 Å². The van der Waals surface area contributed by atoms with Crippen LogP contribution in [0.3, 0.4) is 0 Å². The van der Waals surface area contributed by atoms with Gasteiger partial charge in [0, 0.05) is 12.1 Å². The van der Waals surface area contributed by atoms with E-state index in [4.69, 9.17) is 5.73 Å². The quantitative estimate of drug-likeness (QED) is 0.361. The van der Waals surface area contributed by atoms with Crippen LogP contribution in [0.2, 0.25) is 0 Å². The van der Waals surface area contributed by atoms with Crippen molar-refractivity contribution in [1.29, 1.82) is 0 Å². The Morgan fingerprint density at radius 1 is 1.00 bits per heavy atom. The molecule has 0 spiro atoms. The lowest BCUT2D eigenvalue weighted by Crippen LogP contribution is -2.51. The molecule has 3 aromatic rings. The molecule has 0 saturated heterocycles. The first-order valence-electron chi connectivity index (χ1n) is 11.4. The maximum Gasteiger partial charge on any atom is 0.305 e. The Morgan fingerprint density at radius 3 is 2.33 bits per heavy atom. The molecule has 0 bridgehead atoms. The summed E-state index contributed by atoms with van der Waals surface area (Å²) in [5, 5.41) is 14.9. The van der Waals surface area contributed by atoms with Crippen LogP contribution in [0.4, 0.5) is 11.4 Å². The van der Waals surface area contributed by atoms with Gasteiger partial charge in [0.25, 0.3) is 5.91 Å². The monoisotopic (exact) mass is 486 g/mol. The number of rotatable bonds is 8. The summed E-state index contributed by atoms with van der Waals surface area (Å²) in [6.45, 7) is -0.444. The molecule has 184 valence electrons. The van der Waals surface area contributed by atoms with Crippen LogP contribution in [0.25, 0.3) is 0 Å². The summed E-state index contributed by atoms with van der Waals surface area (Å²) in [5.41, 5.74) is 8.16. The average Bonchev–Trinajstić information content (AvgIpc) is 2.95. The number of nitrogens with one attached hydrogen (secondary N) is 2. The number of fused-ring (bicyclic) bond motifs is 1. The van der Waals surface area contributed by atoms with E-state index in [1.54, 1.807) is 42.5 Å². The third-order valence-electron chi connectivity index (χ3n) is 5.97. The van der Waals surface area contributed by atoms with Gasteiger partial charge in [0.2, 0.25) is 11.8 Å². The highest BCUT2D eigenvalue weighted by atomic mass is 16.4. The molecule has 9 heteroatoms. The van der Waals surface area contributed by atoms with E-state index in [2.05, 4.69) is 10.6 Å². The summed E-state index contributed by atoms with van der Waals surface area (Å²) in [4.78, 5) is 52.7. The molecular formula is C27H26N4O5. The second kappa shape index (κ2) is 10.7. The van der Waals surface area contributed by atoms with E-state index in [0.717, 1.165) is 5.56 Å². The summed E-state index contributed by atoms with van der Waals surface area (Å²) < 4.78 is 0. The first-order chi connectivity index (χ1) is 17.3. The molecule has 5 N–H and O–H groups in total. The van der Waals surface area contributed by atoms with E-state index in [9.17, 15) is 24.3 Å². The summed E-state index contributed by atoms with van der Waals surface area (Å²) in [7, 11) is 0. The predicted octanol–water partition coefficient (Wildman–Crippen LogP) is 2.61. The van der Waals surface area contributed by atoms with Crippen molar-refractivity contribution in [2.45, 2.75) is 24.9 Å². The number of nitrogens with two attached hydrogens (primary N) is 1. The minimum atomic E-state index is -1.08. The van der Waals surface area contributed by atoms with Gasteiger partial charge in [-0.05, 0) is 29.3 Å². The number of nitrogens with zero attached hydrogens (tertiary/aromatic N) is 1. The molecule has 0 saturated carbocycles. The van der Waals surface area contributed by atoms with Gasteiger partial charge >= 0.3 is 5.97 Å². The van der Waals surface area contributed by atoms with Crippen molar-refractivity contribution >= 4 is 35.1 Å². The van der Waals surface area contributed by atoms with Crippen molar-refractivity contribution in [3.63, 3.8) is 0 Å². The van der Waals surface area contributed by atoms with Gasteiger partial charge in [-0.1, -0.05) is 60.7 Å². The first-order valence-corrected chi connectivity index (χ1v) is 11.4. The number of carboxylic acids is 1. The normalized spacial score (nSPS) is 15.9. The number of carboxylic acid groups (broad SMARTS) is 1. The summed E-state index contributed by atoms with van der Waals surface area (Å²) >= 11 is 0.